The molecule has 8 heteroatoms. The van der Waals surface area contributed by atoms with Crippen LogP contribution in [0.15, 0.2) is 17.3 Å². The van der Waals surface area contributed by atoms with Gasteiger partial charge in [-0.3, -0.25) is 4.79 Å². The number of hydrogen-bond donors (Lipinski definition) is 1. The molecule has 1 N–H and O–H groups in total. The SMILES string of the molecule is O=C(O)CC1(CSc2ncc(C(F)(F)F)cc2Cl)CC1. The van der Waals surface area contributed by atoms with E-state index in [2.05, 4.69) is 4.98 Å². The third-order valence-corrected chi connectivity index (χ3v) is 4.89. The van der Waals surface area contributed by atoms with Crippen LogP contribution in [0, 0.1) is 5.41 Å². The van der Waals surface area contributed by atoms with Gasteiger partial charge in [0.1, 0.15) is 5.03 Å². The van der Waals surface area contributed by atoms with Crippen LogP contribution in [0.3, 0.4) is 0 Å². The summed E-state index contributed by atoms with van der Waals surface area (Å²) in [5.41, 5.74) is -1.15. The van der Waals surface area contributed by atoms with Gasteiger partial charge < -0.3 is 5.11 Å². The van der Waals surface area contributed by atoms with Crippen LogP contribution in [-0.2, 0) is 11.0 Å². The number of aromatic nitrogens is 1. The fraction of sp³-hybridized carbons (Fsp3) is 0.500. The molecule has 3 nitrogen and oxygen atoms in total. The summed E-state index contributed by atoms with van der Waals surface area (Å²) in [6.45, 7) is 0. The molecule has 0 aromatic carbocycles. The largest absolute Gasteiger partial charge is 0.481 e. The molecule has 1 heterocycles. The maximum atomic E-state index is 12.5. The summed E-state index contributed by atoms with van der Waals surface area (Å²) in [6, 6.07) is 0.841. The molecule has 20 heavy (non-hydrogen) atoms. The van der Waals surface area contributed by atoms with E-state index < -0.39 is 17.7 Å². The fourth-order valence-electron chi connectivity index (χ4n) is 1.78. The van der Waals surface area contributed by atoms with Crippen molar-refractivity contribution in [1.82, 2.24) is 4.98 Å². The van der Waals surface area contributed by atoms with Gasteiger partial charge in [0.25, 0.3) is 0 Å². The van der Waals surface area contributed by atoms with Crippen LogP contribution in [0.25, 0.3) is 0 Å². The predicted molar refractivity (Wildman–Crippen MR) is 68.9 cm³/mol. The van der Waals surface area contributed by atoms with Crippen LogP contribution < -0.4 is 0 Å². The van der Waals surface area contributed by atoms with Gasteiger partial charge >= 0.3 is 12.1 Å². The molecule has 0 aliphatic heterocycles. The molecular formula is C12H11ClF3NO2S. The molecule has 2 rings (SSSR count). The molecule has 0 atom stereocenters. The van der Waals surface area contributed by atoms with E-state index in [1.165, 1.54) is 11.8 Å². The van der Waals surface area contributed by atoms with Crippen molar-refractivity contribution in [3.8, 4) is 0 Å². The monoisotopic (exact) mass is 325 g/mol. The minimum Gasteiger partial charge on any atom is -0.481 e. The first kappa shape index (κ1) is 15.4. The Morgan fingerprint density at radius 3 is 2.60 bits per heavy atom. The Labute approximate surface area is 122 Å². The molecule has 0 amide bonds. The van der Waals surface area contributed by atoms with Crippen molar-refractivity contribution in [3.63, 3.8) is 0 Å². The minimum atomic E-state index is -4.47. The number of hydrogen-bond acceptors (Lipinski definition) is 3. The summed E-state index contributed by atoms with van der Waals surface area (Å²) >= 11 is 6.99. The molecule has 0 bridgehead atoms. The number of aliphatic carboxylic acids is 1. The maximum absolute atomic E-state index is 12.5. The maximum Gasteiger partial charge on any atom is 0.417 e. The van der Waals surface area contributed by atoms with Gasteiger partial charge in [-0.05, 0) is 24.3 Å². The molecule has 110 valence electrons. The van der Waals surface area contributed by atoms with Gasteiger partial charge in [-0.1, -0.05) is 11.6 Å². The molecule has 0 unspecified atom stereocenters. The highest BCUT2D eigenvalue weighted by Gasteiger charge is 2.44. The van der Waals surface area contributed by atoms with Gasteiger partial charge in [-0.15, -0.1) is 11.8 Å². The lowest BCUT2D eigenvalue weighted by Gasteiger charge is -2.13. The first-order valence-electron chi connectivity index (χ1n) is 5.79. The van der Waals surface area contributed by atoms with Gasteiger partial charge in [0.05, 0.1) is 17.0 Å². The lowest BCUT2D eigenvalue weighted by molar-refractivity contribution is -0.139. The lowest BCUT2D eigenvalue weighted by Crippen LogP contribution is -2.11. The van der Waals surface area contributed by atoms with E-state index in [9.17, 15) is 18.0 Å². The van der Waals surface area contributed by atoms with Crippen LogP contribution >= 0.6 is 23.4 Å². The number of carbonyl (C=O) groups is 1. The van der Waals surface area contributed by atoms with Crippen molar-refractivity contribution in [1.29, 1.82) is 0 Å². The van der Waals surface area contributed by atoms with Crippen molar-refractivity contribution >= 4 is 29.3 Å². The number of pyridine rings is 1. The molecule has 0 radical (unpaired) electrons. The van der Waals surface area contributed by atoms with Crippen molar-refractivity contribution in [2.75, 3.05) is 5.75 Å². The van der Waals surface area contributed by atoms with E-state index in [0.29, 0.717) is 10.8 Å². The Bertz CT molecular complexity index is 532. The van der Waals surface area contributed by atoms with E-state index in [0.717, 1.165) is 25.1 Å². The summed E-state index contributed by atoms with van der Waals surface area (Å²) in [6.07, 6.45) is -2.04. The molecule has 0 saturated heterocycles. The number of nitrogens with zero attached hydrogens (tertiary/aromatic N) is 1. The predicted octanol–water partition coefficient (Wildman–Crippen LogP) is 4.10. The molecule has 0 spiro atoms. The van der Waals surface area contributed by atoms with Crippen molar-refractivity contribution in [2.45, 2.75) is 30.5 Å². The van der Waals surface area contributed by atoms with Gasteiger partial charge in [0.2, 0.25) is 0 Å². The standard InChI is InChI=1S/C12H11ClF3NO2S/c13-8-3-7(12(14,15)16)5-17-10(8)20-6-11(1-2-11)4-9(18)19/h3,5H,1-2,4,6H2,(H,18,19). The molecule has 1 aromatic heterocycles. The van der Waals surface area contributed by atoms with Crippen LogP contribution in [-0.4, -0.2) is 21.8 Å². The first-order chi connectivity index (χ1) is 9.22. The number of carboxylic acids is 1. The van der Waals surface area contributed by atoms with Crippen LogP contribution in [0.5, 0.6) is 0 Å². The van der Waals surface area contributed by atoms with Crippen LogP contribution in [0.4, 0.5) is 13.2 Å². The zero-order chi connectivity index (χ0) is 15.0. The summed E-state index contributed by atoms with van der Waals surface area (Å²) in [5.74, 6) is -0.369. The van der Waals surface area contributed by atoms with Gasteiger partial charge in [0, 0.05) is 11.9 Å². The summed E-state index contributed by atoms with van der Waals surface area (Å²) in [4.78, 5) is 14.4. The van der Waals surface area contributed by atoms with Gasteiger partial charge in [-0.2, -0.15) is 13.2 Å². The van der Waals surface area contributed by atoms with Crippen molar-refractivity contribution < 1.29 is 23.1 Å². The molecule has 1 aromatic rings. The second kappa shape index (κ2) is 5.44. The number of thioether (sulfide) groups is 1. The second-order valence-electron chi connectivity index (χ2n) is 4.87. The minimum absolute atomic E-state index is 0.0593. The average molecular weight is 326 g/mol. The first-order valence-corrected chi connectivity index (χ1v) is 7.16. The highest BCUT2D eigenvalue weighted by Crippen LogP contribution is 2.52. The topological polar surface area (TPSA) is 50.2 Å². The zero-order valence-electron chi connectivity index (χ0n) is 10.2. The van der Waals surface area contributed by atoms with Crippen molar-refractivity contribution in [2.24, 2.45) is 5.41 Å². The Morgan fingerprint density at radius 1 is 1.50 bits per heavy atom. The van der Waals surface area contributed by atoms with E-state index in [1.807, 2.05) is 0 Å². The summed E-state index contributed by atoms with van der Waals surface area (Å²) in [7, 11) is 0. The number of rotatable bonds is 5. The Hall–Kier alpha value is -0.950. The summed E-state index contributed by atoms with van der Waals surface area (Å²) in [5, 5.41) is 9.03. The van der Waals surface area contributed by atoms with E-state index in [4.69, 9.17) is 16.7 Å². The molecule has 1 saturated carbocycles. The highest BCUT2D eigenvalue weighted by molar-refractivity contribution is 7.99. The average Bonchev–Trinajstić information content (AvgIpc) is 3.05. The summed E-state index contributed by atoms with van der Waals surface area (Å²) < 4.78 is 37.4. The van der Waals surface area contributed by atoms with Crippen molar-refractivity contribution in [3.05, 3.63) is 22.8 Å². The lowest BCUT2D eigenvalue weighted by atomic mass is 10.1. The smallest absolute Gasteiger partial charge is 0.417 e. The van der Waals surface area contributed by atoms with E-state index in [-0.39, 0.29) is 16.9 Å². The Balaban J connectivity index is 2.02. The van der Waals surface area contributed by atoms with E-state index in [1.54, 1.807) is 0 Å². The quantitative estimate of drug-likeness (QED) is 0.828. The van der Waals surface area contributed by atoms with E-state index >= 15 is 0 Å². The van der Waals surface area contributed by atoms with Crippen LogP contribution in [0.2, 0.25) is 5.02 Å². The Kier molecular flexibility index (Phi) is 4.20. The number of halogens is 4. The zero-order valence-corrected chi connectivity index (χ0v) is 11.8. The third kappa shape index (κ3) is 3.79. The fourth-order valence-corrected chi connectivity index (χ4v) is 3.27. The van der Waals surface area contributed by atoms with Gasteiger partial charge in [0.15, 0.2) is 0 Å². The molecule has 1 fully saturated rings. The molecule has 1 aliphatic rings. The molecular weight excluding hydrogens is 315 g/mol. The number of carboxylic acid groups (broad SMARTS) is 1. The normalized spacial score (nSPS) is 17.0. The Morgan fingerprint density at radius 2 is 2.15 bits per heavy atom. The third-order valence-electron chi connectivity index (χ3n) is 3.13. The molecule has 1 aliphatic carbocycles. The van der Waals surface area contributed by atoms with Crippen LogP contribution in [0.1, 0.15) is 24.8 Å². The highest BCUT2D eigenvalue weighted by atomic mass is 35.5. The van der Waals surface area contributed by atoms with Gasteiger partial charge in [-0.25, -0.2) is 4.98 Å². The number of alkyl halides is 3. The second-order valence-corrected chi connectivity index (χ2v) is 6.24.